The second-order valence-corrected chi connectivity index (χ2v) is 5.32. The molecule has 98 valence electrons. The van der Waals surface area contributed by atoms with Crippen molar-refractivity contribution in [2.45, 2.75) is 33.4 Å². The number of hydrogen-bond donors (Lipinski definition) is 1. The maximum atomic E-state index is 11.9. The van der Waals surface area contributed by atoms with Gasteiger partial charge in [-0.15, -0.1) is 0 Å². The van der Waals surface area contributed by atoms with Gasteiger partial charge >= 0.3 is 0 Å². The van der Waals surface area contributed by atoms with Crippen molar-refractivity contribution >= 4 is 5.91 Å². The number of amides is 1. The van der Waals surface area contributed by atoms with Crippen molar-refractivity contribution in [1.82, 2.24) is 10.2 Å². The van der Waals surface area contributed by atoms with Crippen LogP contribution >= 0.6 is 0 Å². The van der Waals surface area contributed by atoms with Gasteiger partial charge in [-0.3, -0.25) is 10.1 Å². The van der Waals surface area contributed by atoms with Crippen LogP contribution in [0.25, 0.3) is 0 Å². The standard InChI is InChI=1S/C15H22N2O/c1-4-12-5-7-13(8-6-12)15-16-9-14(18)17(15)10-11(2)3/h5-8,11,15-16H,4,9-10H2,1-3H3. The van der Waals surface area contributed by atoms with Gasteiger partial charge in [0.25, 0.3) is 0 Å². The molecule has 3 nitrogen and oxygen atoms in total. The van der Waals surface area contributed by atoms with Gasteiger partial charge in [0.05, 0.1) is 6.54 Å². The van der Waals surface area contributed by atoms with Crippen molar-refractivity contribution in [1.29, 1.82) is 0 Å². The summed E-state index contributed by atoms with van der Waals surface area (Å²) < 4.78 is 0. The van der Waals surface area contributed by atoms with E-state index in [9.17, 15) is 4.79 Å². The Bertz CT molecular complexity index is 411. The predicted octanol–water partition coefficient (Wildman–Crippen LogP) is 2.34. The Labute approximate surface area is 109 Å². The summed E-state index contributed by atoms with van der Waals surface area (Å²) in [6.07, 6.45) is 1.10. The topological polar surface area (TPSA) is 32.3 Å². The average molecular weight is 246 g/mol. The van der Waals surface area contributed by atoms with Crippen LogP contribution in [0.5, 0.6) is 0 Å². The van der Waals surface area contributed by atoms with Crippen molar-refractivity contribution in [3.8, 4) is 0 Å². The molecule has 1 saturated heterocycles. The summed E-state index contributed by atoms with van der Waals surface area (Å²) >= 11 is 0. The lowest BCUT2D eigenvalue weighted by molar-refractivity contribution is -0.128. The fourth-order valence-electron chi connectivity index (χ4n) is 2.37. The Morgan fingerprint density at radius 2 is 2.00 bits per heavy atom. The summed E-state index contributed by atoms with van der Waals surface area (Å²) in [5.74, 6) is 0.694. The minimum absolute atomic E-state index is 0.0470. The van der Waals surface area contributed by atoms with E-state index in [1.165, 1.54) is 11.1 Å². The van der Waals surface area contributed by atoms with E-state index in [-0.39, 0.29) is 12.1 Å². The second kappa shape index (κ2) is 5.53. The van der Waals surface area contributed by atoms with E-state index in [1.807, 2.05) is 4.90 Å². The number of hydrogen-bond acceptors (Lipinski definition) is 2. The molecule has 0 saturated carbocycles. The van der Waals surface area contributed by atoms with E-state index in [2.05, 4.69) is 50.4 Å². The van der Waals surface area contributed by atoms with Crippen LogP contribution in [0.2, 0.25) is 0 Å². The van der Waals surface area contributed by atoms with Crippen LogP contribution in [0.4, 0.5) is 0 Å². The van der Waals surface area contributed by atoms with Crippen molar-refractivity contribution in [3.05, 3.63) is 35.4 Å². The highest BCUT2D eigenvalue weighted by molar-refractivity contribution is 5.80. The molecule has 1 aliphatic heterocycles. The third kappa shape index (κ3) is 2.72. The first-order valence-corrected chi connectivity index (χ1v) is 6.73. The molecule has 2 rings (SSSR count). The molecule has 0 spiro atoms. The van der Waals surface area contributed by atoms with E-state index >= 15 is 0 Å². The lowest BCUT2D eigenvalue weighted by Crippen LogP contribution is -2.33. The molecule has 1 aliphatic rings. The Morgan fingerprint density at radius 1 is 1.33 bits per heavy atom. The average Bonchev–Trinajstić information content (AvgIpc) is 2.71. The lowest BCUT2D eigenvalue weighted by atomic mass is 10.1. The van der Waals surface area contributed by atoms with Crippen LogP contribution < -0.4 is 5.32 Å². The summed E-state index contributed by atoms with van der Waals surface area (Å²) in [6.45, 7) is 7.70. The zero-order valence-electron chi connectivity index (χ0n) is 11.4. The molecule has 1 amide bonds. The predicted molar refractivity (Wildman–Crippen MR) is 73.1 cm³/mol. The number of nitrogens with zero attached hydrogens (tertiary/aromatic N) is 1. The SMILES string of the molecule is CCc1ccc(C2NCC(=O)N2CC(C)C)cc1. The number of carbonyl (C=O) groups is 1. The van der Waals surface area contributed by atoms with E-state index in [1.54, 1.807) is 0 Å². The van der Waals surface area contributed by atoms with Gasteiger partial charge in [0.1, 0.15) is 6.17 Å². The Balaban J connectivity index is 2.17. The summed E-state index contributed by atoms with van der Waals surface area (Å²) in [4.78, 5) is 13.8. The highest BCUT2D eigenvalue weighted by Gasteiger charge is 2.31. The van der Waals surface area contributed by atoms with Crippen LogP contribution in [-0.4, -0.2) is 23.9 Å². The fraction of sp³-hybridized carbons (Fsp3) is 0.533. The van der Waals surface area contributed by atoms with E-state index in [0.29, 0.717) is 12.5 Å². The van der Waals surface area contributed by atoms with Gasteiger partial charge in [-0.1, -0.05) is 45.0 Å². The first kappa shape index (κ1) is 13.1. The third-order valence-electron chi connectivity index (χ3n) is 3.34. The number of benzene rings is 1. The zero-order valence-corrected chi connectivity index (χ0v) is 11.4. The molecule has 0 bridgehead atoms. The largest absolute Gasteiger partial charge is 0.322 e. The van der Waals surface area contributed by atoms with E-state index in [4.69, 9.17) is 0 Å². The molecule has 1 unspecified atom stereocenters. The molecule has 0 radical (unpaired) electrons. The zero-order chi connectivity index (χ0) is 13.1. The quantitative estimate of drug-likeness (QED) is 0.884. The van der Waals surface area contributed by atoms with Gasteiger partial charge in [-0.05, 0) is 23.5 Å². The normalized spacial score (nSPS) is 19.9. The van der Waals surface area contributed by atoms with Crippen molar-refractivity contribution in [2.75, 3.05) is 13.1 Å². The first-order chi connectivity index (χ1) is 8.61. The van der Waals surface area contributed by atoms with Crippen LogP contribution in [0.15, 0.2) is 24.3 Å². The molecule has 1 heterocycles. The Hall–Kier alpha value is -1.35. The number of carbonyl (C=O) groups excluding carboxylic acids is 1. The lowest BCUT2D eigenvalue weighted by Gasteiger charge is -2.26. The molecule has 1 N–H and O–H groups in total. The summed E-state index contributed by atoms with van der Waals surface area (Å²) in [7, 11) is 0. The summed E-state index contributed by atoms with van der Waals surface area (Å²) in [5, 5.41) is 3.29. The summed E-state index contributed by atoms with van der Waals surface area (Å²) in [6, 6.07) is 8.55. The van der Waals surface area contributed by atoms with E-state index < -0.39 is 0 Å². The maximum absolute atomic E-state index is 11.9. The monoisotopic (exact) mass is 246 g/mol. The summed E-state index contributed by atoms with van der Waals surface area (Å²) in [5.41, 5.74) is 2.51. The highest BCUT2D eigenvalue weighted by atomic mass is 16.2. The molecule has 0 aromatic heterocycles. The third-order valence-corrected chi connectivity index (χ3v) is 3.34. The molecule has 1 aromatic carbocycles. The fourth-order valence-corrected chi connectivity index (χ4v) is 2.37. The molecule has 1 fully saturated rings. The van der Waals surface area contributed by atoms with Gasteiger partial charge in [0.15, 0.2) is 0 Å². The number of nitrogens with one attached hydrogen (secondary N) is 1. The van der Waals surface area contributed by atoms with Crippen molar-refractivity contribution in [3.63, 3.8) is 0 Å². The second-order valence-electron chi connectivity index (χ2n) is 5.32. The minimum atomic E-state index is 0.0470. The van der Waals surface area contributed by atoms with Crippen LogP contribution in [0.3, 0.4) is 0 Å². The van der Waals surface area contributed by atoms with E-state index in [0.717, 1.165) is 13.0 Å². The highest BCUT2D eigenvalue weighted by Crippen LogP contribution is 2.23. The van der Waals surface area contributed by atoms with Gasteiger partial charge in [-0.2, -0.15) is 0 Å². The first-order valence-electron chi connectivity index (χ1n) is 6.73. The molecular formula is C15H22N2O. The van der Waals surface area contributed by atoms with Crippen LogP contribution in [0, 0.1) is 5.92 Å². The molecular weight excluding hydrogens is 224 g/mol. The molecule has 1 atom stereocenters. The maximum Gasteiger partial charge on any atom is 0.238 e. The van der Waals surface area contributed by atoms with Gasteiger partial charge in [0, 0.05) is 6.54 Å². The smallest absolute Gasteiger partial charge is 0.238 e. The Kier molecular flexibility index (Phi) is 4.02. The van der Waals surface area contributed by atoms with Gasteiger partial charge in [0.2, 0.25) is 5.91 Å². The van der Waals surface area contributed by atoms with Crippen molar-refractivity contribution in [2.24, 2.45) is 5.92 Å². The molecule has 1 aromatic rings. The molecule has 18 heavy (non-hydrogen) atoms. The molecule has 0 aliphatic carbocycles. The van der Waals surface area contributed by atoms with Gasteiger partial charge in [-0.25, -0.2) is 0 Å². The van der Waals surface area contributed by atoms with Crippen molar-refractivity contribution < 1.29 is 4.79 Å². The van der Waals surface area contributed by atoms with Crippen LogP contribution in [0.1, 0.15) is 38.1 Å². The van der Waals surface area contributed by atoms with Gasteiger partial charge < -0.3 is 4.90 Å². The molecule has 3 heteroatoms. The number of aryl methyl sites for hydroxylation is 1. The van der Waals surface area contributed by atoms with Crippen LogP contribution in [-0.2, 0) is 11.2 Å². The minimum Gasteiger partial charge on any atom is -0.322 e. The Morgan fingerprint density at radius 3 is 2.56 bits per heavy atom. The number of rotatable bonds is 4.